The first-order chi connectivity index (χ1) is 14.5. The summed E-state index contributed by atoms with van der Waals surface area (Å²) in [5.41, 5.74) is 2.06. The molecule has 0 saturated heterocycles. The molecule has 0 bridgehead atoms. The molecule has 0 radical (unpaired) electrons. The van der Waals surface area contributed by atoms with Crippen molar-refractivity contribution in [1.82, 2.24) is 5.32 Å². The van der Waals surface area contributed by atoms with Gasteiger partial charge in [-0.2, -0.15) is 0 Å². The molecule has 1 atom stereocenters. The first-order valence-corrected chi connectivity index (χ1v) is 10.0. The Kier molecular flexibility index (Phi) is 8.87. The quantitative estimate of drug-likeness (QED) is 0.583. The normalized spacial score (nSPS) is 11.3. The molecule has 1 unspecified atom stereocenters. The Bertz CT molecular complexity index is 881. The third kappa shape index (κ3) is 6.62. The van der Waals surface area contributed by atoms with Crippen LogP contribution in [-0.2, 0) is 14.3 Å². The average molecular weight is 412 g/mol. The van der Waals surface area contributed by atoms with E-state index in [-0.39, 0.29) is 6.54 Å². The highest BCUT2D eigenvalue weighted by atomic mass is 16.5. The van der Waals surface area contributed by atoms with Gasteiger partial charge < -0.3 is 20.1 Å². The molecule has 0 aliphatic heterocycles. The first kappa shape index (κ1) is 22.9. The molecule has 0 fully saturated rings. The van der Waals surface area contributed by atoms with E-state index in [1.54, 1.807) is 24.3 Å². The van der Waals surface area contributed by atoms with Crippen LogP contribution >= 0.6 is 0 Å². The SMILES string of the molecule is CCOc1ccccc1C(=O)NCC(=O)OCC(=O)Nc1ccccc1C(C)CC. The van der Waals surface area contributed by atoms with Crippen molar-refractivity contribution in [1.29, 1.82) is 0 Å². The molecule has 2 amide bonds. The molecule has 0 aromatic heterocycles. The number of benzene rings is 2. The van der Waals surface area contributed by atoms with E-state index in [4.69, 9.17) is 9.47 Å². The van der Waals surface area contributed by atoms with Crippen molar-refractivity contribution < 1.29 is 23.9 Å². The highest BCUT2D eigenvalue weighted by Crippen LogP contribution is 2.26. The first-order valence-electron chi connectivity index (χ1n) is 10.0. The maximum atomic E-state index is 12.3. The molecule has 2 aromatic rings. The van der Waals surface area contributed by atoms with Gasteiger partial charge in [0.1, 0.15) is 12.3 Å². The fourth-order valence-corrected chi connectivity index (χ4v) is 2.83. The fraction of sp³-hybridized carbons (Fsp3) is 0.348. The van der Waals surface area contributed by atoms with Crippen LogP contribution in [0.3, 0.4) is 0 Å². The van der Waals surface area contributed by atoms with Crippen LogP contribution in [0.1, 0.15) is 49.0 Å². The second-order valence-electron chi connectivity index (χ2n) is 6.72. The summed E-state index contributed by atoms with van der Waals surface area (Å²) in [7, 11) is 0. The Labute approximate surface area is 176 Å². The molecule has 0 aliphatic rings. The number of carbonyl (C=O) groups is 3. The minimum Gasteiger partial charge on any atom is -0.493 e. The van der Waals surface area contributed by atoms with E-state index in [9.17, 15) is 14.4 Å². The predicted octanol–water partition coefficient (Wildman–Crippen LogP) is 3.51. The summed E-state index contributed by atoms with van der Waals surface area (Å²) in [6, 6.07) is 14.3. The van der Waals surface area contributed by atoms with E-state index in [0.717, 1.165) is 12.0 Å². The number of amides is 2. The van der Waals surface area contributed by atoms with Gasteiger partial charge >= 0.3 is 5.97 Å². The number of ether oxygens (including phenoxy) is 2. The molecule has 2 rings (SSSR count). The van der Waals surface area contributed by atoms with E-state index < -0.39 is 24.4 Å². The van der Waals surface area contributed by atoms with Crippen molar-refractivity contribution in [2.45, 2.75) is 33.1 Å². The maximum Gasteiger partial charge on any atom is 0.325 e. The largest absolute Gasteiger partial charge is 0.493 e. The zero-order valence-corrected chi connectivity index (χ0v) is 17.6. The van der Waals surface area contributed by atoms with Crippen molar-refractivity contribution in [3.05, 3.63) is 59.7 Å². The molecular weight excluding hydrogens is 384 g/mol. The van der Waals surface area contributed by atoms with Crippen molar-refractivity contribution in [3.8, 4) is 5.75 Å². The molecule has 2 aromatic carbocycles. The summed E-state index contributed by atoms with van der Waals surface area (Å²) in [5.74, 6) is -0.873. The number of esters is 1. The Morgan fingerprint density at radius 2 is 1.70 bits per heavy atom. The molecule has 0 spiro atoms. The molecule has 0 aliphatic carbocycles. The van der Waals surface area contributed by atoms with Gasteiger partial charge in [0.2, 0.25) is 0 Å². The number of anilines is 1. The molecule has 2 N–H and O–H groups in total. The summed E-state index contributed by atoms with van der Waals surface area (Å²) in [6.07, 6.45) is 0.938. The standard InChI is InChI=1S/C23H28N2O5/c1-4-16(3)17-10-6-8-12-19(17)25-21(26)15-30-22(27)14-24-23(28)18-11-7-9-13-20(18)29-5-2/h6-13,16H,4-5,14-15H2,1-3H3,(H,24,28)(H,25,26). The Morgan fingerprint density at radius 3 is 2.43 bits per heavy atom. The van der Waals surface area contributed by atoms with Crippen LogP contribution in [0.2, 0.25) is 0 Å². The Hall–Kier alpha value is -3.35. The highest BCUT2D eigenvalue weighted by molar-refractivity contribution is 5.98. The van der Waals surface area contributed by atoms with E-state index in [1.807, 2.05) is 31.2 Å². The minimum absolute atomic E-state index is 0.291. The molecular formula is C23H28N2O5. The van der Waals surface area contributed by atoms with Crippen molar-refractivity contribution in [2.24, 2.45) is 0 Å². The summed E-state index contributed by atoms with van der Waals surface area (Å²) < 4.78 is 10.4. The van der Waals surface area contributed by atoms with Gasteiger partial charge in [-0.1, -0.05) is 44.2 Å². The van der Waals surface area contributed by atoms with Gasteiger partial charge in [-0.15, -0.1) is 0 Å². The zero-order valence-electron chi connectivity index (χ0n) is 17.6. The smallest absolute Gasteiger partial charge is 0.325 e. The number of carbonyl (C=O) groups excluding carboxylic acids is 3. The van der Waals surface area contributed by atoms with Crippen molar-refractivity contribution in [2.75, 3.05) is 25.1 Å². The van der Waals surface area contributed by atoms with E-state index >= 15 is 0 Å². The third-order valence-corrected chi connectivity index (χ3v) is 4.57. The van der Waals surface area contributed by atoms with Crippen LogP contribution in [0.5, 0.6) is 5.75 Å². The predicted molar refractivity (Wildman–Crippen MR) is 115 cm³/mol. The second kappa shape index (κ2) is 11.6. The van der Waals surface area contributed by atoms with Gasteiger partial charge in [0, 0.05) is 5.69 Å². The lowest BCUT2D eigenvalue weighted by molar-refractivity contribution is -0.146. The number of hydrogen-bond acceptors (Lipinski definition) is 5. The van der Waals surface area contributed by atoms with Gasteiger partial charge in [0.25, 0.3) is 11.8 Å². The van der Waals surface area contributed by atoms with Gasteiger partial charge in [0.05, 0.1) is 12.2 Å². The lowest BCUT2D eigenvalue weighted by Crippen LogP contribution is -2.32. The lowest BCUT2D eigenvalue weighted by Gasteiger charge is -2.15. The summed E-state index contributed by atoms with van der Waals surface area (Å²) in [4.78, 5) is 36.4. The van der Waals surface area contributed by atoms with Gasteiger partial charge in [-0.25, -0.2) is 0 Å². The molecule has 7 nitrogen and oxygen atoms in total. The second-order valence-corrected chi connectivity index (χ2v) is 6.72. The average Bonchev–Trinajstić information content (AvgIpc) is 2.76. The Morgan fingerprint density at radius 1 is 1.00 bits per heavy atom. The van der Waals surface area contributed by atoms with Crippen molar-refractivity contribution >= 4 is 23.5 Å². The van der Waals surface area contributed by atoms with Crippen LogP contribution in [0.15, 0.2) is 48.5 Å². The van der Waals surface area contributed by atoms with Crippen LogP contribution in [0.4, 0.5) is 5.69 Å². The maximum absolute atomic E-state index is 12.3. The number of hydrogen-bond donors (Lipinski definition) is 2. The van der Waals surface area contributed by atoms with E-state index in [2.05, 4.69) is 24.5 Å². The van der Waals surface area contributed by atoms with E-state index in [1.165, 1.54) is 0 Å². The minimum atomic E-state index is -0.706. The van der Waals surface area contributed by atoms with Crippen LogP contribution in [0.25, 0.3) is 0 Å². The number of para-hydroxylation sites is 2. The highest BCUT2D eigenvalue weighted by Gasteiger charge is 2.15. The fourth-order valence-electron chi connectivity index (χ4n) is 2.83. The molecule has 7 heteroatoms. The zero-order chi connectivity index (χ0) is 21.9. The Balaban J connectivity index is 1.83. The number of nitrogens with one attached hydrogen (secondary N) is 2. The third-order valence-electron chi connectivity index (χ3n) is 4.57. The summed E-state index contributed by atoms with van der Waals surface area (Å²) >= 11 is 0. The van der Waals surface area contributed by atoms with Crippen LogP contribution < -0.4 is 15.4 Å². The summed E-state index contributed by atoms with van der Waals surface area (Å²) in [5, 5.41) is 5.25. The van der Waals surface area contributed by atoms with Crippen molar-refractivity contribution in [3.63, 3.8) is 0 Å². The van der Waals surface area contributed by atoms with E-state index in [0.29, 0.717) is 29.5 Å². The summed E-state index contributed by atoms with van der Waals surface area (Å²) in [6.45, 7) is 5.61. The van der Waals surface area contributed by atoms with Gasteiger partial charge in [-0.05, 0) is 43.0 Å². The molecule has 0 saturated carbocycles. The molecule has 30 heavy (non-hydrogen) atoms. The van der Waals surface area contributed by atoms with Gasteiger partial charge in [0.15, 0.2) is 6.61 Å². The topological polar surface area (TPSA) is 93.7 Å². The van der Waals surface area contributed by atoms with Gasteiger partial charge in [-0.3, -0.25) is 14.4 Å². The lowest BCUT2D eigenvalue weighted by atomic mass is 9.97. The molecule has 160 valence electrons. The monoisotopic (exact) mass is 412 g/mol. The molecule has 0 heterocycles. The van der Waals surface area contributed by atoms with Crippen LogP contribution in [0, 0.1) is 0 Å². The van der Waals surface area contributed by atoms with Crippen LogP contribution in [-0.4, -0.2) is 37.5 Å². The number of rotatable bonds is 10.